The predicted molar refractivity (Wildman–Crippen MR) is 122 cm³/mol. The number of rotatable bonds is 5. The minimum atomic E-state index is 0.663. The molecular formula is C23H19ClN4S. The Labute approximate surface area is 177 Å². The number of thiophene rings is 1. The molecule has 2 N–H and O–H groups in total. The van der Waals surface area contributed by atoms with E-state index < -0.39 is 0 Å². The van der Waals surface area contributed by atoms with Gasteiger partial charge in [0.15, 0.2) is 0 Å². The standard InChI is InChI=1S/C23H19ClN4S/c24-19-12-17(7-5-15(19)3-1-9-25)28-14-27-21-13-26-20-8-6-16(11-18(20)23(21)28)22-4-2-10-29-22/h2,4-8,10-14H,1,3,9,25H2. The molecule has 0 aliphatic rings. The van der Waals surface area contributed by atoms with Gasteiger partial charge >= 0.3 is 0 Å². The molecule has 0 aliphatic heterocycles. The smallest absolute Gasteiger partial charge is 0.108 e. The summed E-state index contributed by atoms with van der Waals surface area (Å²) in [6.07, 6.45) is 5.48. The van der Waals surface area contributed by atoms with Gasteiger partial charge in [-0.2, -0.15) is 0 Å². The van der Waals surface area contributed by atoms with Gasteiger partial charge in [0.25, 0.3) is 0 Å². The zero-order valence-electron chi connectivity index (χ0n) is 15.7. The lowest BCUT2D eigenvalue weighted by Crippen LogP contribution is -2.01. The van der Waals surface area contributed by atoms with Crippen LogP contribution in [0.25, 0.3) is 38.1 Å². The summed E-state index contributed by atoms with van der Waals surface area (Å²) in [5.74, 6) is 0. The maximum atomic E-state index is 6.56. The van der Waals surface area contributed by atoms with Crippen LogP contribution in [0.2, 0.25) is 5.02 Å². The van der Waals surface area contributed by atoms with Gasteiger partial charge in [-0.3, -0.25) is 9.55 Å². The predicted octanol–water partition coefficient (Wildman–Crippen LogP) is 5.85. The fourth-order valence-corrected chi connectivity index (χ4v) is 4.66. The molecule has 144 valence electrons. The van der Waals surface area contributed by atoms with Gasteiger partial charge in [0.1, 0.15) is 11.8 Å². The average molecular weight is 419 g/mol. The molecule has 0 unspecified atom stereocenters. The minimum Gasteiger partial charge on any atom is -0.330 e. The molecule has 0 aliphatic carbocycles. The van der Waals surface area contributed by atoms with E-state index in [-0.39, 0.29) is 0 Å². The molecule has 0 saturated carbocycles. The van der Waals surface area contributed by atoms with E-state index in [2.05, 4.69) is 62.4 Å². The number of benzene rings is 2. The SMILES string of the molecule is NCCCc1ccc(-n2cnc3cnc4ccc(-c5cccs5)cc4c32)cc1Cl. The summed E-state index contributed by atoms with van der Waals surface area (Å²) in [6.45, 7) is 0.663. The summed E-state index contributed by atoms with van der Waals surface area (Å²) in [4.78, 5) is 10.4. The van der Waals surface area contributed by atoms with Crippen molar-refractivity contribution in [2.24, 2.45) is 5.73 Å². The van der Waals surface area contributed by atoms with E-state index in [0.29, 0.717) is 6.54 Å². The fourth-order valence-electron chi connectivity index (χ4n) is 3.67. The second-order valence-electron chi connectivity index (χ2n) is 6.98. The molecule has 5 rings (SSSR count). The van der Waals surface area contributed by atoms with Crippen molar-refractivity contribution in [3.8, 4) is 16.1 Å². The van der Waals surface area contributed by atoms with Gasteiger partial charge in [-0.25, -0.2) is 4.98 Å². The molecule has 0 bridgehead atoms. The van der Waals surface area contributed by atoms with Crippen molar-refractivity contribution in [1.29, 1.82) is 0 Å². The van der Waals surface area contributed by atoms with Gasteiger partial charge in [-0.05, 0) is 66.2 Å². The van der Waals surface area contributed by atoms with Crippen LogP contribution < -0.4 is 5.73 Å². The number of fused-ring (bicyclic) bond motifs is 3. The third-order valence-electron chi connectivity index (χ3n) is 5.14. The molecule has 2 aromatic carbocycles. The first-order valence-corrected chi connectivity index (χ1v) is 10.8. The topological polar surface area (TPSA) is 56.7 Å². The van der Waals surface area contributed by atoms with Gasteiger partial charge < -0.3 is 5.73 Å². The molecule has 0 atom stereocenters. The van der Waals surface area contributed by atoms with Gasteiger partial charge in [0, 0.05) is 21.0 Å². The Kier molecular flexibility index (Phi) is 4.79. The number of nitrogens with two attached hydrogens (primary N) is 1. The maximum Gasteiger partial charge on any atom is 0.108 e. The highest BCUT2D eigenvalue weighted by Crippen LogP contribution is 2.32. The Morgan fingerprint density at radius 1 is 1.03 bits per heavy atom. The normalized spacial score (nSPS) is 11.5. The number of aromatic nitrogens is 3. The Balaban J connectivity index is 1.68. The van der Waals surface area contributed by atoms with E-state index in [1.807, 2.05) is 18.6 Å². The molecule has 3 aromatic heterocycles. The monoisotopic (exact) mass is 418 g/mol. The first-order chi connectivity index (χ1) is 14.2. The zero-order valence-corrected chi connectivity index (χ0v) is 17.2. The molecule has 4 nitrogen and oxygen atoms in total. The average Bonchev–Trinajstić information content (AvgIpc) is 3.42. The van der Waals surface area contributed by atoms with E-state index in [1.54, 1.807) is 11.3 Å². The molecule has 3 heterocycles. The number of nitrogens with zero attached hydrogens (tertiary/aromatic N) is 3. The number of hydrogen-bond acceptors (Lipinski definition) is 4. The second kappa shape index (κ2) is 7.59. The van der Waals surface area contributed by atoms with E-state index in [1.165, 1.54) is 10.4 Å². The summed E-state index contributed by atoms with van der Waals surface area (Å²) in [5.41, 5.74) is 11.8. The van der Waals surface area contributed by atoms with E-state index >= 15 is 0 Å². The second-order valence-corrected chi connectivity index (χ2v) is 8.34. The summed E-state index contributed by atoms with van der Waals surface area (Å²) in [5, 5.41) is 3.93. The number of imidazole rings is 1. The third-order valence-corrected chi connectivity index (χ3v) is 6.41. The third kappa shape index (κ3) is 3.31. The quantitative estimate of drug-likeness (QED) is 0.389. The van der Waals surface area contributed by atoms with E-state index in [4.69, 9.17) is 17.3 Å². The van der Waals surface area contributed by atoms with Crippen molar-refractivity contribution in [3.05, 3.63) is 77.0 Å². The number of hydrogen-bond donors (Lipinski definition) is 1. The highest BCUT2D eigenvalue weighted by atomic mass is 35.5. The lowest BCUT2D eigenvalue weighted by Gasteiger charge is -2.10. The Morgan fingerprint density at radius 3 is 2.76 bits per heavy atom. The zero-order chi connectivity index (χ0) is 19.8. The van der Waals surface area contributed by atoms with Crippen LogP contribution in [0, 0.1) is 0 Å². The molecule has 6 heteroatoms. The van der Waals surface area contributed by atoms with Crippen LogP contribution in [0.4, 0.5) is 0 Å². The summed E-state index contributed by atoms with van der Waals surface area (Å²) in [7, 11) is 0. The van der Waals surface area contributed by atoms with Gasteiger partial charge in [-0.1, -0.05) is 29.8 Å². The van der Waals surface area contributed by atoms with Gasteiger partial charge in [0.05, 0.1) is 17.2 Å². The van der Waals surface area contributed by atoms with Gasteiger partial charge in [0.2, 0.25) is 0 Å². The van der Waals surface area contributed by atoms with Crippen LogP contribution in [0.5, 0.6) is 0 Å². The van der Waals surface area contributed by atoms with Crippen LogP contribution >= 0.6 is 22.9 Å². The van der Waals surface area contributed by atoms with Gasteiger partial charge in [-0.15, -0.1) is 11.3 Å². The first kappa shape index (κ1) is 18.3. The molecule has 0 spiro atoms. The number of pyridine rings is 1. The minimum absolute atomic E-state index is 0.663. The van der Waals surface area contributed by atoms with Crippen LogP contribution in [0.15, 0.2) is 66.4 Å². The van der Waals surface area contributed by atoms with Crippen molar-refractivity contribution in [2.45, 2.75) is 12.8 Å². The van der Waals surface area contributed by atoms with Crippen molar-refractivity contribution in [3.63, 3.8) is 0 Å². The largest absolute Gasteiger partial charge is 0.330 e. The molecular weight excluding hydrogens is 400 g/mol. The Morgan fingerprint density at radius 2 is 1.97 bits per heavy atom. The lowest BCUT2D eigenvalue weighted by atomic mass is 10.1. The summed E-state index contributed by atoms with van der Waals surface area (Å²) >= 11 is 8.29. The van der Waals surface area contributed by atoms with Crippen LogP contribution in [-0.2, 0) is 6.42 Å². The fraction of sp³-hybridized carbons (Fsp3) is 0.130. The first-order valence-electron chi connectivity index (χ1n) is 9.53. The van der Waals surface area contributed by atoms with E-state index in [0.717, 1.165) is 51.1 Å². The Bertz CT molecular complexity index is 1310. The molecule has 0 fully saturated rings. The molecule has 29 heavy (non-hydrogen) atoms. The maximum absolute atomic E-state index is 6.56. The number of aryl methyl sites for hydroxylation is 1. The molecule has 0 saturated heterocycles. The van der Waals surface area contributed by atoms with Crippen LogP contribution in [0.3, 0.4) is 0 Å². The highest BCUT2D eigenvalue weighted by molar-refractivity contribution is 7.13. The summed E-state index contributed by atoms with van der Waals surface area (Å²) < 4.78 is 2.09. The van der Waals surface area contributed by atoms with Crippen molar-refractivity contribution in [2.75, 3.05) is 6.54 Å². The van der Waals surface area contributed by atoms with Crippen molar-refractivity contribution < 1.29 is 0 Å². The summed E-state index contributed by atoms with van der Waals surface area (Å²) in [6, 6.07) is 16.8. The van der Waals surface area contributed by atoms with Crippen LogP contribution in [0.1, 0.15) is 12.0 Å². The highest BCUT2D eigenvalue weighted by Gasteiger charge is 2.12. The van der Waals surface area contributed by atoms with Crippen molar-refractivity contribution in [1.82, 2.24) is 14.5 Å². The Hall–Kier alpha value is -2.73. The lowest BCUT2D eigenvalue weighted by molar-refractivity contribution is 0.832. The molecule has 0 amide bonds. The number of halogens is 1. The molecule has 5 aromatic rings. The van der Waals surface area contributed by atoms with E-state index in [9.17, 15) is 0 Å². The van der Waals surface area contributed by atoms with Crippen LogP contribution in [-0.4, -0.2) is 21.1 Å². The van der Waals surface area contributed by atoms with Crippen molar-refractivity contribution >= 4 is 44.9 Å². The molecule has 0 radical (unpaired) electrons.